The van der Waals surface area contributed by atoms with Crippen molar-refractivity contribution in [1.29, 1.82) is 0 Å². The molecule has 1 aromatic carbocycles. The van der Waals surface area contributed by atoms with Crippen molar-refractivity contribution in [3.8, 4) is 17.4 Å². The van der Waals surface area contributed by atoms with Crippen LogP contribution < -0.4 is 10.1 Å². The summed E-state index contributed by atoms with van der Waals surface area (Å²) in [5, 5.41) is 39.7. The van der Waals surface area contributed by atoms with Crippen molar-refractivity contribution in [2.75, 3.05) is 6.61 Å². The number of nitrogens with zero attached hydrogens (tertiary/aromatic N) is 6. The van der Waals surface area contributed by atoms with Gasteiger partial charge in [-0.3, -0.25) is 9.78 Å². The Kier molecular flexibility index (Phi) is 6.27. The zero-order valence-corrected chi connectivity index (χ0v) is 19.5. The van der Waals surface area contributed by atoms with Gasteiger partial charge in [0.05, 0.1) is 23.6 Å². The van der Waals surface area contributed by atoms with Crippen molar-refractivity contribution in [2.24, 2.45) is 0 Å². The molecule has 4 heterocycles. The number of rotatable bonds is 8. The summed E-state index contributed by atoms with van der Waals surface area (Å²) in [5.74, 6) is 0.668. The van der Waals surface area contributed by atoms with Gasteiger partial charge in [-0.15, -0.1) is 15.3 Å². The molecule has 5 rings (SSSR count). The maximum Gasteiger partial charge on any atom is 0.253 e. The van der Waals surface area contributed by atoms with Crippen molar-refractivity contribution in [3.05, 3.63) is 65.2 Å². The van der Waals surface area contributed by atoms with Crippen LogP contribution in [0.1, 0.15) is 34.4 Å². The van der Waals surface area contributed by atoms with Gasteiger partial charge in [-0.05, 0) is 32.0 Å². The van der Waals surface area contributed by atoms with E-state index in [-0.39, 0.29) is 31.8 Å². The van der Waals surface area contributed by atoms with Crippen LogP contribution in [0.15, 0.2) is 47.0 Å². The summed E-state index contributed by atoms with van der Waals surface area (Å²) < 4.78 is 12.7. The van der Waals surface area contributed by atoms with Gasteiger partial charge in [-0.2, -0.15) is 4.52 Å². The van der Waals surface area contributed by atoms with E-state index in [0.717, 1.165) is 10.8 Å². The molecule has 0 bridgehead atoms. The lowest BCUT2D eigenvalue weighted by molar-refractivity contribution is 0.0921. The van der Waals surface area contributed by atoms with Crippen LogP contribution in [0.3, 0.4) is 0 Å². The third-order valence-corrected chi connectivity index (χ3v) is 5.57. The molecule has 4 aromatic heterocycles. The van der Waals surface area contributed by atoms with Gasteiger partial charge in [0.1, 0.15) is 13.2 Å². The number of aliphatic hydroxyl groups excluding tert-OH is 2. The number of pyridine rings is 1. The third-order valence-electron chi connectivity index (χ3n) is 5.57. The van der Waals surface area contributed by atoms with Crippen molar-refractivity contribution in [2.45, 2.75) is 33.1 Å². The number of amides is 1. The zero-order valence-electron chi connectivity index (χ0n) is 19.5. The van der Waals surface area contributed by atoms with Crippen LogP contribution in [-0.4, -0.2) is 58.7 Å². The molecule has 0 aliphatic heterocycles. The van der Waals surface area contributed by atoms with Crippen molar-refractivity contribution < 1.29 is 24.3 Å². The van der Waals surface area contributed by atoms with E-state index in [9.17, 15) is 9.90 Å². The van der Waals surface area contributed by atoms with E-state index in [1.54, 1.807) is 32.0 Å². The normalized spacial score (nSPS) is 12.2. The van der Waals surface area contributed by atoms with E-state index in [0.29, 0.717) is 45.8 Å². The lowest BCUT2D eigenvalue weighted by Gasteiger charge is -2.13. The number of benzene rings is 1. The van der Waals surface area contributed by atoms with Crippen molar-refractivity contribution in [3.63, 3.8) is 0 Å². The van der Waals surface area contributed by atoms with E-state index in [4.69, 9.17) is 14.4 Å². The number of carbonyl (C=O) groups excluding carboxylic acids is 1. The number of ether oxygens (including phenoxy) is 1. The molecule has 1 amide bonds. The van der Waals surface area contributed by atoms with Crippen LogP contribution in [0.4, 0.5) is 0 Å². The van der Waals surface area contributed by atoms with E-state index >= 15 is 0 Å². The summed E-state index contributed by atoms with van der Waals surface area (Å²) in [6.45, 7) is 3.12. The Morgan fingerprint density at radius 1 is 1.17 bits per heavy atom. The molecule has 3 N–H and O–H groups in total. The van der Waals surface area contributed by atoms with Gasteiger partial charge in [0.15, 0.2) is 17.1 Å². The second-order valence-electron chi connectivity index (χ2n) is 8.23. The maximum absolute atomic E-state index is 12.4. The minimum atomic E-state index is -0.357. The van der Waals surface area contributed by atoms with E-state index in [1.165, 1.54) is 4.52 Å². The predicted octanol–water partition coefficient (Wildman–Crippen LogP) is 1.82. The van der Waals surface area contributed by atoms with Gasteiger partial charge in [0.25, 0.3) is 5.91 Å². The molecule has 0 saturated carbocycles. The average Bonchev–Trinajstić information content (AvgIpc) is 3.54. The van der Waals surface area contributed by atoms with Crippen LogP contribution in [0.25, 0.3) is 27.9 Å². The van der Waals surface area contributed by atoms with Gasteiger partial charge < -0.3 is 24.8 Å². The first-order valence-electron chi connectivity index (χ1n) is 11.2. The lowest BCUT2D eigenvalue weighted by atomic mass is 10.1. The first-order chi connectivity index (χ1) is 17.5. The molecule has 0 fully saturated rings. The number of aryl methyl sites for hydroxylation is 1. The van der Waals surface area contributed by atoms with E-state index < -0.39 is 0 Å². The van der Waals surface area contributed by atoms with Crippen LogP contribution >= 0.6 is 0 Å². The average molecular weight is 489 g/mol. The molecule has 184 valence electrons. The number of aromatic nitrogens is 6. The molecule has 1 atom stereocenters. The minimum Gasteiger partial charge on any atom is -0.470 e. The Labute approximate surface area is 204 Å². The fourth-order valence-electron chi connectivity index (χ4n) is 3.73. The molecule has 5 aromatic rings. The zero-order chi connectivity index (χ0) is 25.2. The molecule has 0 saturated heterocycles. The number of aliphatic hydroxyl groups is 2. The Morgan fingerprint density at radius 2 is 1.97 bits per heavy atom. The highest BCUT2D eigenvalue weighted by Gasteiger charge is 2.19. The summed E-state index contributed by atoms with van der Waals surface area (Å²) in [6.07, 6.45) is 0. The summed E-state index contributed by atoms with van der Waals surface area (Å²) >= 11 is 0. The molecular formula is C24H23N7O5. The number of carbonyl (C=O) groups is 1. The first-order valence-corrected chi connectivity index (χ1v) is 11.2. The smallest absolute Gasteiger partial charge is 0.253 e. The van der Waals surface area contributed by atoms with Crippen molar-refractivity contribution >= 4 is 22.3 Å². The number of hydrogen-bond acceptors (Lipinski definition) is 10. The highest BCUT2D eigenvalue weighted by atomic mass is 16.5. The Balaban J connectivity index is 1.46. The Hall–Kier alpha value is -4.42. The largest absolute Gasteiger partial charge is 0.470 e. The van der Waals surface area contributed by atoms with E-state index in [2.05, 4.69) is 30.8 Å². The SMILES string of the molecule is Cc1nc(COc2nn3c(-c4cc(CO)on4)nnc3c3ccccc23)ccc1C(=O)N[C@H](C)CO. The molecule has 0 aliphatic rings. The second kappa shape index (κ2) is 9.68. The molecule has 12 heteroatoms. The van der Waals surface area contributed by atoms with Gasteiger partial charge >= 0.3 is 0 Å². The Morgan fingerprint density at radius 3 is 2.69 bits per heavy atom. The molecule has 12 nitrogen and oxygen atoms in total. The monoisotopic (exact) mass is 489 g/mol. The fraction of sp³-hybridized carbons (Fsp3) is 0.250. The summed E-state index contributed by atoms with van der Waals surface area (Å²) in [7, 11) is 0. The fourth-order valence-corrected chi connectivity index (χ4v) is 3.73. The van der Waals surface area contributed by atoms with Crippen LogP contribution in [0.5, 0.6) is 5.88 Å². The lowest BCUT2D eigenvalue weighted by Crippen LogP contribution is -2.35. The standard InChI is InChI=1S/C24H23N7O5/c1-13(10-32)25-23(34)17-8-7-15(26-14(17)2)12-35-24-19-6-4-3-5-18(19)21-27-28-22(31(21)29-24)20-9-16(11-33)36-30-20/h3-9,13,32-33H,10-12H2,1-2H3,(H,25,34)/t13-/m1/s1. The molecule has 0 radical (unpaired) electrons. The topological polar surface area (TPSA) is 161 Å². The van der Waals surface area contributed by atoms with Gasteiger partial charge in [-0.25, -0.2) is 0 Å². The van der Waals surface area contributed by atoms with Crippen molar-refractivity contribution in [1.82, 2.24) is 35.3 Å². The highest BCUT2D eigenvalue weighted by Crippen LogP contribution is 2.29. The quantitative estimate of drug-likeness (QED) is 0.293. The van der Waals surface area contributed by atoms with Gasteiger partial charge in [0.2, 0.25) is 11.7 Å². The third kappa shape index (κ3) is 4.34. The maximum atomic E-state index is 12.4. The minimum absolute atomic E-state index is 0.106. The summed E-state index contributed by atoms with van der Waals surface area (Å²) in [6, 6.07) is 12.1. The number of nitrogens with one attached hydrogen (secondary N) is 1. The summed E-state index contributed by atoms with van der Waals surface area (Å²) in [5.41, 5.74) is 2.47. The summed E-state index contributed by atoms with van der Waals surface area (Å²) in [4.78, 5) is 16.9. The van der Waals surface area contributed by atoms with Crippen LogP contribution in [-0.2, 0) is 13.2 Å². The number of hydrogen-bond donors (Lipinski definition) is 3. The molecule has 36 heavy (non-hydrogen) atoms. The molecule has 0 spiro atoms. The molecule has 0 unspecified atom stereocenters. The van der Waals surface area contributed by atoms with Crippen LogP contribution in [0, 0.1) is 6.92 Å². The second-order valence-corrected chi connectivity index (χ2v) is 8.23. The van der Waals surface area contributed by atoms with Gasteiger partial charge in [0, 0.05) is 22.9 Å². The molecular weight excluding hydrogens is 466 g/mol. The highest BCUT2D eigenvalue weighted by molar-refractivity contribution is 5.97. The van der Waals surface area contributed by atoms with Crippen LogP contribution in [0.2, 0.25) is 0 Å². The molecule has 0 aliphatic carbocycles. The first kappa shape index (κ1) is 23.3. The van der Waals surface area contributed by atoms with Gasteiger partial charge in [-0.1, -0.05) is 23.4 Å². The van der Waals surface area contributed by atoms with E-state index in [1.807, 2.05) is 24.3 Å². The number of fused-ring (bicyclic) bond motifs is 3. The predicted molar refractivity (Wildman–Crippen MR) is 127 cm³/mol. The Bertz CT molecular complexity index is 1560.